The molecule has 4 heterocycles. The molecule has 7 fully saturated rings. The molecule has 78 heavy (non-hydrogen) atoms. The van der Waals surface area contributed by atoms with Gasteiger partial charge in [-0.2, -0.15) is 0 Å². The van der Waals surface area contributed by atoms with Crippen LogP contribution in [0.15, 0.2) is 11.6 Å². The lowest BCUT2D eigenvalue weighted by Crippen LogP contribution is -2.66. The standard InChI is InChI=1S/C54H92O24/c1-22(24-16-17-52(7)30-13-11-25-26(54(30,9)31(58)18-53(24,52)8)12-15-32(50(25,3)4)73-46-41(66)37(62)35(60)27(19-55)70-46)10-14-33(51(5,6)68)74-49-44(38(63)36(61)28(20-56)71-49)76-47-42(67)39(64)43(29(21-57)72-47)75-45-23(2)34(59)40(65)48(77-45)78-69/h11,22-24,26-49,55-69H,10,12-21H2,1-9H3/t22-,23+,24?,26?,27-,28-,29+,30?,31-,32+,33-,34+,35-,36-,37+,38+,39+,40-,41-,42+,43+,44-,45?,46+,47-,48+,49+,52+,53-,54+/m1/s1. The van der Waals surface area contributed by atoms with E-state index in [2.05, 4.69) is 52.5 Å². The van der Waals surface area contributed by atoms with Gasteiger partial charge in [-0.1, -0.05) is 60.1 Å². The van der Waals surface area contributed by atoms with E-state index in [1.807, 2.05) is 0 Å². The molecular weight excluding hydrogens is 1030 g/mol. The molecule has 0 aromatic carbocycles. The molecule has 0 radical (unpaired) electrons. The SMILES string of the molecule is C[C@H](CC[C@@H](O[C@@H]1O[C@H](CO)[C@@H](O)[C@H](O)[C@H]1O[C@H]1O[C@@H](CO)[C@H](OC2O[C@@H](OO)[C@H](O)[C@@H](O)[C@@H]2C)[C@@H](O)[C@@H]1O)C(C)(C)O)C1CC[C@@]2(C)C3CC=C4C(CC[C@H](O[C@@H]5O[C@H](CO)[C@@H](O)[C@H](O)[C@H]5O)C4(C)C)[C@]3(C)[C@H](O)C[C@]12C. The fourth-order valence-electron chi connectivity index (χ4n) is 15.8. The van der Waals surface area contributed by atoms with Crippen LogP contribution in [0.3, 0.4) is 0 Å². The zero-order valence-electron chi connectivity index (χ0n) is 46.3. The van der Waals surface area contributed by atoms with Gasteiger partial charge in [0.2, 0.25) is 6.29 Å². The van der Waals surface area contributed by atoms with Crippen LogP contribution >= 0.6 is 0 Å². The second-order valence-electron chi connectivity index (χ2n) is 26.0. The van der Waals surface area contributed by atoms with Crippen LogP contribution < -0.4 is 0 Å². The first kappa shape index (κ1) is 62.8. The third-order valence-corrected chi connectivity index (χ3v) is 20.9. The minimum absolute atomic E-state index is 0.0215. The van der Waals surface area contributed by atoms with Gasteiger partial charge in [-0.25, -0.2) is 10.1 Å². The van der Waals surface area contributed by atoms with Gasteiger partial charge in [0, 0.05) is 16.7 Å². The van der Waals surface area contributed by atoms with E-state index in [9.17, 15) is 76.7 Å². The quantitative estimate of drug-likeness (QED) is 0.0448. The van der Waals surface area contributed by atoms with Crippen molar-refractivity contribution < 1.29 is 120 Å². The Morgan fingerprint density at radius 2 is 1.17 bits per heavy atom. The molecule has 0 spiro atoms. The van der Waals surface area contributed by atoms with Crippen LogP contribution in [0.5, 0.6) is 0 Å². The van der Waals surface area contributed by atoms with Gasteiger partial charge >= 0.3 is 0 Å². The van der Waals surface area contributed by atoms with Gasteiger partial charge in [0.1, 0.15) is 79.4 Å². The van der Waals surface area contributed by atoms with Crippen LogP contribution in [0.1, 0.15) is 114 Å². The van der Waals surface area contributed by atoms with Gasteiger partial charge in [0.15, 0.2) is 25.2 Å². The predicted octanol–water partition coefficient (Wildman–Crippen LogP) is -1.50. The normalized spacial score (nSPS) is 51.4. The van der Waals surface area contributed by atoms with Gasteiger partial charge in [-0.3, -0.25) is 0 Å². The Morgan fingerprint density at radius 3 is 1.78 bits per heavy atom. The summed E-state index contributed by atoms with van der Waals surface area (Å²) in [6, 6.07) is 0. The first-order chi connectivity index (χ1) is 36.5. The molecule has 8 aliphatic rings. The molecule has 24 nitrogen and oxygen atoms in total. The lowest BCUT2D eigenvalue weighted by molar-refractivity contribution is -0.435. The van der Waals surface area contributed by atoms with E-state index in [0.717, 1.165) is 19.3 Å². The van der Waals surface area contributed by atoms with E-state index in [4.69, 9.17) is 37.9 Å². The number of fused-ring (bicyclic) bond motifs is 5. The molecule has 4 unspecified atom stereocenters. The Hall–Kier alpha value is -1.22. The van der Waals surface area contributed by atoms with Crippen molar-refractivity contribution in [2.45, 2.75) is 254 Å². The Morgan fingerprint density at radius 1 is 0.615 bits per heavy atom. The molecule has 0 bridgehead atoms. The van der Waals surface area contributed by atoms with Crippen molar-refractivity contribution in [2.75, 3.05) is 19.8 Å². The summed E-state index contributed by atoms with van der Waals surface area (Å²) in [4.78, 5) is 4.13. The monoisotopic (exact) mass is 1120 g/mol. The van der Waals surface area contributed by atoms with Crippen molar-refractivity contribution in [1.82, 2.24) is 0 Å². The third kappa shape index (κ3) is 10.8. The lowest BCUT2D eigenvalue weighted by atomic mass is 9.38. The zero-order chi connectivity index (χ0) is 57.5. The Bertz CT molecular complexity index is 2020. The van der Waals surface area contributed by atoms with Gasteiger partial charge in [0.25, 0.3) is 0 Å². The van der Waals surface area contributed by atoms with Crippen molar-refractivity contribution in [3.8, 4) is 0 Å². The summed E-state index contributed by atoms with van der Waals surface area (Å²) >= 11 is 0. The van der Waals surface area contributed by atoms with Crippen molar-refractivity contribution in [1.29, 1.82) is 0 Å². The topological polar surface area (TPSA) is 387 Å². The minimum atomic E-state index is -1.97. The maximum absolute atomic E-state index is 12.7. The molecular formula is C54H92O24. The van der Waals surface area contributed by atoms with Crippen LogP contribution in [0.2, 0.25) is 0 Å². The third-order valence-electron chi connectivity index (χ3n) is 20.9. The van der Waals surface area contributed by atoms with Gasteiger partial charge < -0.3 is 109 Å². The van der Waals surface area contributed by atoms with Crippen molar-refractivity contribution in [2.24, 2.45) is 51.2 Å². The number of aliphatic hydroxyl groups is 14. The molecule has 30 atom stereocenters. The Kier molecular flexibility index (Phi) is 19.1. The summed E-state index contributed by atoms with van der Waals surface area (Å²) in [6.45, 7) is 15.7. The largest absolute Gasteiger partial charge is 0.394 e. The maximum Gasteiger partial charge on any atom is 0.222 e. The van der Waals surface area contributed by atoms with E-state index < -0.39 is 177 Å². The van der Waals surface area contributed by atoms with Crippen LogP contribution in [0.4, 0.5) is 0 Å². The highest BCUT2D eigenvalue weighted by molar-refractivity contribution is 5.32. The molecule has 8 rings (SSSR count). The first-order valence-electron chi connectivity index (χ1n) is 28.1. The number of allylic oxidation sites excluding steroid dienone is 1. The fraction of sp³-hybridized carbons (Fsp3) is 0.963. The predicted molar refractivity (Wildman–Crippen MR) is 267 cm³/mol. The minimum Gasteiger partial charge on any atom is -0.394 e. The molecule has 4 aliphatic heterocycles. The molecule has 0 aromatic rings. The van der Waals surface area contributed by atoms with E-state index >= 15 is 0 Å². The Labute approximate surface area is 455 Å². The molecule has 0 amide bonds. The second-order valence-corrected chi connectivity index (χ2v) is 26.0. The van der Waals surface area contributed by atoms with E-state index in [0.29, 0.717) is 25.7 Å². The maximum atomic E-state index is 12.7. The van der Waals surface area contributed by atoms with Gasteiger partial charge in [-0.05, 0) is 99.7 Å². The molecule has 15 N–H and O–H groups in total. The lowest BCUT2D eigenvalue weighted by Gasteiger charge is -2.67. The number of hydrogen-bond acceptors (Lipinski definition) is 24. The van der Waals surface area contributed by atoms with E-state index in [1.54, 1.807) is 13.8 Å². The summed E-state index contributed by atoms with van der Waals surface area (Å²) in [5.74, 6) is -0.659. The second kappa shape index (κ2) is 23.7. The summed E-state index contributed by atoms with van der Waals surface area (Å²) in [5, 5.41) is 162. The van der Waals surface area contributed by atoms with Crippen LogP contribution in [-0.2, 0) is 42.8 Å². The first-order valence-corrected chi connectivity index (χ1v) is 28.1. The molecule has 0 aromatic heterocycles. The smallest absolute Gasteiger partial charge is 0.222 e. The van der Waals surface area contributed by atoms with E-state index in [-0.39, 0.29) is 40.9 Å². The summed E-state index contributed by atoms with van der Waals surface area (Å²) in [7, 11) is 0. The average Bonchev–Trinajstić information content (AvgIpc) is 3.68. The summed E-state index contributed by atoms with van der Waals surface area (Å²) < 4.78 is 47.9. The van der Waals surface area contributed by atoms with Crippen LogP contribution in [-0.4, -0.2) is 237 Å². The van der Waals surface area contributed by atoms with Gasteiger partial charge in [0.05, 0.1) is 49.8 Å². The molecule has 4 aliphatic carbocycles. The van der Waals surface area contributed by atoms with Gasteiger partial charge in [-0.15, -0.1) is 0 Å². The van der Waals surface area contributed by atoms with Crippen molar-refractivity contribution in [3.05, 3.63) is 11.6 Å². The molecule has 452 valence electrons. The Balaban J connectivity index is 0.951. The number of rotatable bonds is 17. The highest BCUT2D eigenvalue weighted by atomic mass is 17.1. The summed E-state index contributed by atoms with van der Waals surface area (Å²) in [5.41, 5.74) is -1.93. The van der Waals surface area contributed by atoms with E-state index in [1.165, 1.54) is 12.5 Å². The number of aliphatic hydroxyl groups excluding tert-OH is 13. The number of ether oxygens (including phenoxy) is 8. The van der Waals surface area contributed by atoms with Crippen LogP contribution in [0, 0.1) is 51.2 Å². The summed E-state index contributed by atoms with van der Waals surface area (Å²) in [6.07, 6.45) is -25.0. The molecule has 3 saturated carbocycles. The average molecular weight is 1130 g/mol. The van der Waals surface area contributed by atoms with Crippen LogP contribution in [0.25, 0.3) is 0 Å². The molecule has 4 saturated heterocycles. The fourth-order valence-corrected chi connectivity index (χ4v) is 15.8. The van der Waals surface area contributed by atoms with Crippen molar-refractivity contribution in [3.63, 3.8) is 0 Å². The zero-order valence-corrected chi connectivity index (χ0v) is 46.3. The van der Waals surface area contributed by atoms with Crippen molar-refractivity contribution >= 4 is 0 Å². The highest BCUT2D eigenvalue weighted by Crippen LogP contribution is 2.75. The molecule has 24 heteroatoms. The number of hydrogen-bond donors (Lipinski definition) is 15. The highest BCUT2D eigenvalue weighted by Gasteiger charge is 2.70.